The third kappa shape index (κ3) is 5.09. The van der Waals surface area contributed by atoms with Crippen molar-refractivity contribution in [3.63, 3.8) is 0 Å². The Kier molecular flexibility index (Phi) is 5.98. The van der Waals surface area contributed by atoms with E-state index in [2.05, 4.69) is 10.2 Å². The Morgan fingerprint density at radius 1 is 1.11 bits per heavy atom. The molecule has 0 aromatic heterocycles. The van der Waals surface area contributed by atoms with Crippen molar-refractivity contribution in [1.82, 2.24) is 4.90 Å². The van der Waals surface area contributed by atoms with E-state index in [4.69, 9.17) is 10.5 Å². The highest BCUT2D eigenvalue weighted by Crippen LogP contribution is 2.15. The molecule has 0 aliphatic carbocycles. The second-order valence-electron chi connectivity index (χ2n) is 4.99. The SMILES string of the molecule is NCCNc1ccc(OCCN2CCCCC2)cc1. The van der Waals surface area contributed by atoms with Gasteiger partial charge in [0.05, 0.1) is 0 Å². The molecule has 1 aromatic carbocycles. The van der Waals surface area contributed by atoms with Crippen LogP contribution in [0.2, 0.25) is 0 Å². The monoisotopic (exact) mass is 263 g/mol. The van der Waals surface area contributed by atoms with Crippen LogP contribution in [0.5, 0.6) is 5.75 Å². The van der Waals surface area contributed by atoms with Gasteiger partial charge < -0.3 is 15.8 Å². The van der Waals surface area contributed by atoms with Gasteiger partial charge in [0.15, 0.2) is 0 Å². The highest BCUT2D eigenvalue weighted by Gasteiger charge is 2.09. The Bertz CT molecular complexity index is 347. The third-order valence-corrected chi connectivity index (χ3v) is 3.45. The Morgan fingerprint density at radius 2 is 1.84 bits per heavy atom. The molecule has 0 amide bonds. The van der Waals surface area contributed by atoms with Gasteiger partial charge in [-0.2, -0.15) is 0 Å². The highest BCUT2D eigenvalue weighted by molar-refractivity contribution is 5.46. The van der Waals surface area contributed by atoms with Crippen LogP contribution in [0.3, 0.4) is 0 Å². The second kappa shape index (κ2) is 8.02. The fraction of sp³-hybridized carbons (Fsp3) is 0.600. The standard InChI is InChI=1S/C15H25N3O/c16-8-9-17-14-4-6-15(7-5-14)19-13-12-18-10-2-1-3-11-18/h4-7,17H,1-3,8-13,16H2. The first-order valence-corrected chi connectivity index (χ1v) is 7.27. The molecule has 1 saturated heterocycles. The van der Waals surface area contributed by atoms with E-state index in [9.17, 15) is 0 Å². The number of hydrogen-bond acceptors (Lipinski definition) is 4. The van der Waals surface area contributed by atoms with E-state index in [0.29, 0.717) is 6.54 Å². The average Bonchev–Trinajstić information content (AvgIpc) is 2.47. The predicted molar refractivity (Wildman–Crippen MR) is 79.8 cm³/mol. The van der Waals surface area contributed by atoms with Crippen LogP contribution in [0.25, 0.3) is 0 Å². The molecular weight excluding hydrogens is 238 g/mol. The first-order chi connectivity index (χ1) is 9.38. The molecule has 2 rings (SSSR count). The minimum absolute atomic E-state index is 0.647. The molecule has 1 heterocycles. The minimum Gasteiger partial charge on any atom is -0.492 e. The zero-order chi connectivity index (χ0) is 13.3. The number of piperidine rings is 1. The van der Waals surface area contributed by atoms with Crippen molar-refractivity contribution < 1.29 is 4.74 Å². The van der Waals surface area contributed by atoms with E-state index < -0.39 is 0 Å². The van der Waals surface area contributed by atoms with Crippen molar-refractivity contribution in [2.24, 2.45) is 5.73 Å². The number of nitrogens with two attached hydrogens (primary N) is 1. The first kappa shape index (κ1) is 14.2. The van der Waals surface area contributed by atoms with Gasteiger partial charge in [-0.3, -0.25) is 4.90 Å². The molecule has 1 aliphatic heterocycles. The van der Waals surface area contributed by atoms with Crippen LogP contribution >= 0.6 is 0 Å². The van der Waals surface area contributed by atoms with E-state index in [1.54, 1.807) is 0 Å². The Morgan fingerprint density at radius 3 is 2.53 bits per heavy atom. The summed E-state index contributed by atoms with van der Waals surface area (Å²) in [6.45, 7) is 5.71. The number of benzene rings is 1. The number of rotatable bonds is 7. The van der Waals surface area contributed by atoms with Crippen LogP contribution in [0.1, 0.15) is 19.3 Å². The summed E-state index contributed by atoms with van der Waals surface area (Å²) in [5, 5.41) is 3.24. The van der Waals surface area contributed by atoms with E-state index >= 15 is 0 Å². The van der Waals surface area contributed by atoms with Crippen molar-refractivity contribution >= 4 is 5.69 Å². The van der Waals surface area contributed by atoms with Crippen LogP contribution in [-0.2, 0) is 0 Å². The summed E-state index contributed by atoms with van der Waals surface area (Å²) in [6, 6.07) is 8.09. The van der Waals surface area contributed by atoms with E-state index in [1.807, 2.05) is 24.3 Å². The van der Waals surface area contributed by atoms with Crippen LogP contribution in [0, 0.1) is 0 Å². The van der Waals surface area contributed by atoms with Crippen molar-refractivity contribution in [2.45, 2.75) is 19.3 Å². The van der Waals surface area contributed by atoms with Gasteiger partial charge in [-0.1, -0.05) is 6.42 Å². The topological polar surface area (TPSA) is 50.5 Å². The smallest absolute Gasteiger partial charge is 0.119 e. The van der Waals surface area contributed by atoms with E-state index in [1.165, 1.54) is 32.4 Å². The molecule has 3 N–H and O–H groups in total. The third-order valence-electron chi connectivity index (χ3n) is 3.45. The lowest BCUT2D eigenvalue weighted by atomic mass is 10.1. The molecule has 0 atom stereocenters. The molecule has 1 aromatic rings. The summed E-state index contributed by atoms with van der Waals surface area (Å²) in [7, 11) is 0. The maximum absolute atomic E-state index is 5.77. The Labute approximate surface area is 115 Å². The van der Waals surface area contributed by atoms with E-state index in [0.717, 1.165) is 31.1 Å². The number of nitrogens with zero attached hydrogens (tertiary/aromatic N) is 1. The van der Waals surface area contributed by atoms with Crippen molar-refractivity contribution in [2.75, 3.05) is 44.6 Å². The second-order valence-corrected chi connectivity index (χ2v) is 4.99. The van der Waals surface area contributed by atoms with Gasteiger partial charge in [0, 0.05) is 25.3 Å². The predicted octanol–water partition coefficient (Wildman–Crippen LogP) is 1.92. The number of nitrogens with one attached hydrogen (secondary N) is 1. The van der Waals surface area contributed by atoms with Crippen molar-refractivity contribution in [3.05, 3.63) is 24.3 Å². The van der Waals surface area contributed by atoms with Gasteiger partial charge in [-0.15, -0.1) is 0 Å². The van der Waals surface area contributed by atoms with Gasteiger partial charge in [0.2, 0.25) is 0 Å². The molecule has 1 aliphatic rings. The molecule has 0 bridgehead atoms. The quantitative estimate of drug-likeness (QED) is 0.789. The summed E-state index contributed by atoms with van der Waals surface area (Å²) in [6.07, 6.45) is 4.05. The summed E-state index contributed by atoms with van der Waals surface area (Å²) >= 11 is 0. The number of hydrogen-bond donors (Lipinski definition) is 2. The Hall–Kier alpha value is -1.26. The van der Waals surface area contributed by atoms with Gasteiger partial charge in [-0.25, -0.2) is 0 Å². The van der Waals surface area contributed by atoms with Crippen molar-refractivity contribution in [3.8, 4) is 5.75 Å². The molecule has 0 unspecified atom stereocenters. The maximum atomic E-state index is 5.77. The largest absolute Gasteiger partial charge is 0.492 e. The van der Waals surface area contributed by atoms with Crippen LogP contribution < -0.4 is 15.8 Å². The van der Waals surface area contributed by atoms with Crippen molar-refractivity contribution in [1.29, 1.82) is 0 Å². The van der Waals surface area contributed by atoms with Gasteiger partial charge in [0.25, 0.3) is 0 Å². The van der Waals surface area contributed by atoms with Crippen LogP contribution in [-0.4, -0.2) is 44.2 Å². The molecule has 19 heavy (non-hydrogen) atoms. The average molecular weight is 263 g/mol. The molecule has 106 valence electrons. The van der Waals surface area contributed by atoms with Crippen LogP contribution in [0.4, 0.5) is 5.69 Å². The molecule has 0 radical (unpaired) electrons. The van der Waals surface area contributed by atoms with Gasteiger partial charge >= 0.3 is 0 Å². The van der Waals surface area contributed by atoms with Crippen LogP contribution in [0.15, 0.2) is 24.3 Å². The summed E-state index contributed by atoms with van der Waals surface area (Å²) < 4.78 is 5.77. The molecule has 1 fully saturated rings. The first-order valence-electron chi connectivity index (χ1n) is 7.27. The molecule has 4 nitrogen and oxygen atoms in total. The lowest BCUT2D eigenvalue weighted by Gasteiger charge is -2.26. The summed E-state index contributed by atoms with van der Waals surface area (Å²) in [5.41, 5.74) is 6.54. The normalized spacial score (nSPS) is 16.3. The maximum Gasteiger partial charge on any atom is 0.119 e. The Balaban J connectivity index is 1.67. The fourth-order valence-electron chi connectivity index (χ4n) is 2.36. The summed E-state index contributed by atoms with van der Waals surface area (Å²) in [4.78, 5) is 2.49. The zero-order valence-electron chi connectivity index (χ0n) is 11.6. The molecule has 0 spiro atoms. The van der Waals surface area contributed by atoms with Gasteiger partial charge in [-0.05, 0) is 50.2 Å². The zero-order valence-corrected chi connectivity index (χ0v) is 11.6. The minimum atomic E-state index is 0.647. The molecular formula is C15H25N3O. The number of ether oxygens (including phenoxy) is 1. The lowest BCUT2D eigenvalue weighted by Crippen LogP contribution is -2.33. The van der Waals surface area contributed by atoms with Gasteiger partial charge in [0.1, 0.15) is 12.4 Å². The number of likely N-dealkylation sites (tertiary alicyclic amines) is 1. The molecule has 0 saturated carbocycles. The van der Waals surface area contributed by atoms with E-state index in [-0.39, 0.29) is 0 Å². The highest BCUT2D eigenvalue weighted by atomic mass is 16.5. The molecule has 4 heteroatoms. The lowest BCUT2D eigenvalue weighted by molar-refractivity contribution is 0.183. The fourth-order valence-corrected chi connectivity index (χ4v) is 2.36. The summed E-state index contributed by atoms with van der Waals surface area (Å²) in [5.74, 6) is 0.940. The number of anilines is 1.